The van der Waals surface area contributed by atoms with E-state index in [0.29, 0.717) is 52.0 Å². The molecule has 2 aliphatic heterocycles. The Kier molecular flexibility index (Phi) is 6.43. The van der Waals surface area contributed by atoms with Crippen molar-refractivity contribution in [1.29, 1.82) is 0 Å². The number of carbonyl (C=O) groups is 2. The van der Waals surface area contributed by atoms with E-state index in [4.69, 9.17) is 4.74 Å². The molecule has 2 aromatic rings. The maximum absolute atomic E-state index is 13.2. The summed E-state index contributed by atoms with van der Waals surface area (Å²) in [6.07, 6.45) is 7.29. The molecule has 6 nitrogen and oxygen atoms in total. The van der Waals surface area contributed by atoms with Crippen molar-refractivity contribution in [1.82, 2.24) is 15.2 Å². The lowest BCUT2D eigenvalue weighted by Crippen LogP contribution is -2.48. The number of carbonyl (C=O) groups excluding carboxylic acids is 2. The third-order valence-electron chi connectivity index (χ3n) is 6.26. The zero-order valence-corrected chi connectivity index (χ0v) is 17.3. The van der Waals surface area contributed by atoms with Gasteiger partial charge in [0.05, 0.1) is 5.41 Å². The molecular formula is C24H29N3O3. The molecule has 0 radical (unpaired) electrons. The summed E-state index contributed by atoms with van der Waals surface area (Å²) in [4.78, 5) is 31.0. The van der Waals surface area contributed by atoms with Crippen molar-refractivity contribution in [2.24, 2.45) is 5.41 Å². The van der Waals surface area contributed by atoms with Crippen LogP contribution in [0.25, 0.3) is 11.1 Å². The number of rotatable bonds is 7. The molecule has 6 heteroatoms. The number of benzene rings is 1. The highest BCUT2D eigenvalue weighted by Crippen LogP contribution is 2.35. The van der Waals surface area contributed by atoms with Crippen LogP contribution in [0, 0.1) is 5.41 Å². The molecule has 2 amide bonds. The molecule has 2 saturated heterocycles. The first-order valence-electron chi connectivity index (χ1n) is 10.8. The standard InChI is InChI=1S/C24H29N3O3/c28-22-4-2-13-27(22)14-12-26-23(29)24(9-15-30-16-10-24)17-19-5-7-20(8-6-19)21-3-1-11-25-18-21/h1,3,5-8,11,18H,2,4,9-10,12-17H2,(H,26,29). The third-order valence-corrected chi connectivity index (χ3v) is 6.26. The van der Waals surface area contributed by atoms with E-state index in [1.54, 1.807) is 6.20 Å². The van der Waals surface area contributed by atoms with Gasteiger partial charge in [0.15, 0.2) is 0 Å². The number of hydrogen-bond donors (Lipinski definition) is 1. The molecule has 1 aromatic carbocycles. The molecule has 0 unspecified atom stereocenters. The van der Waals surface area contributed by atoms with Crippen LogP contribution in [0.3, 0.4) is 0 Å². The van der Waals surface area contributed by atoms with Crippen molar-refractivity contribution in [3.8, 4) is 11.1 Å². The molecule has 4 rings (SSSR count). The Balaban J connectivity index is 1.41. The minimum atomic E-state index is -0.455. The average Bonchev–Trinajstić information content (AvgIpc) is 3.20. The summed E-state index contributed by atoms with van der Waals surface area (Å²) in [6.45, 7) is 3.11. The van der Waals surface area contributed by atoms with Crippen LogP contribution in [0.15, 0.2) is 48.8 Å². The number of pyridine rings is 1. The second-order valence-electron chi connectivity index (χ2n) is 8.25. The fraction of sp³-hybridized carbons (Fsp3) is 0.458. The first kappa shape index (κ1) is 20.5. The van der Waals surface area contributed by atoms with Gasteiger partial charge in [-0.3, -0.25) is 14.6 Å². The van der Waals surface area contributed by atoms with E-state index in [9.17, 15) is 9.59 Å². The number of likely N-dealkylation sites (tertiary alicyclic amines) is 1. The maximum atomic E-state index is 13.2. The quantitative estimate of drug-likeness (QED) is 0.766. The monoisotopic (exact) mass is 407 g/mol. The van der Waals surface area contributed by atoms with Crippen molar-refractivity contribution in [3.63, 3.8) is 0 Å². The van der Waals surface area contributed by atoms with Crippen molar-refractivity contribution in [2.45, 2.75) is 32.1 Å². The predicted molar refractivity (Wildman–Crippen MR) is 115 cm³/mol. The molecule has 0 bridgehead atoms. The number of nitrogens with zero attached hydrogens (tertiary/aromatic N) is 2. The number of ether oxygens (including phenoxy) is 1. The molecule has 2 fully saturated rings. The van der Waals surface area contributed by atoms with Gasteiger partial charge in [0, 0.05) is 51.7 Å². The van der Waals surface area contributed by atoms with Crippen LogP contribution in [0.4, 0.5) is 0 Å². The number of nitrogens with one attached hydrogen (secondary N) is 1. The fourth-order valence-corrected chi connectivity index (χ4v) is 4.42. The van der Waals surface area contributed by atoms with Gasteiger partial charge < -0.3 is 15.0 Å². The molecule has 0 saturated carbocycles. The molecule has 0 aliphatic carbocycles. The van der Waals surface area contributed by atoms with E-state index in [-0.39, 0.29) is 11.8 Å². The fourth-order valence-electron chi connectivity index (χ4n) is 4.42. The Bertz CT molecular complexity index is 861. The first-order chi connectivity index (χ1) is 14.7. The van der Waals surface area contributed by atoms with Gasteiger partial charge in [-0.1, -0.05) is 30.3 Å². The summed E-state index contributed by atoms with van der Waals surface area (Å²) >= 11 is 0. The Morgan fingerprint density at radius 1 is 1.13 bits per heavy atom. The normalized spacial score (nSPS) is 18.4. The zero-order valence-electron chi connectivity index (χ0n) is 17.3. The number of hydrogen-bond acceptors (Lipinski definition) is 4. The SMILES string of the molecule is O=C1CCCN1CCNC(=O)C1(Cc2ccc(-c3cccnc3)cc2)CCOCC1. The highest BCUT2D eigenvalue weighted by molar-refractivity contribution is 5.83. The largest absolute Gasteiger partial charge is 0.381 e. The highest BCUT2D eigenvalue weighted by atomic mass is 16.5. The first-order valence-corrected chi connectivity index (χ1v) is 10.8. The van der Waals surface area contributed by atoms with E-state index < -0.39 is 5.41 Å². The van der Waals surface area contributed by atoms with Gasteiger partial charge in [0.25, 0.3) is 0 Å². The lowest BCUT2D eigenvalue weighted by Gasteiger charge is -2.36. The van der Waals surface area contributed by atoms with Gasteiger partial charge in [-0.2, -0.15) is 0 Å². The van der Waals surface area contributed by atoms with E-state index in [2.05, 4.69) is 34.6 Å². The van der Waals surface area contributed by atoms with Crippen molar-refractivity contribution >= 4 is 11.8 Å². The second-order valence-corrected chi connectivity index (χ2v) is 8.25. The van der Waals surface area contributed by atoms with Crippen molar-refractivity contribution in [3.05, 3.63) is 54.4 Å². The molecule has 158 valence electrons. The summed E-state index contributed by atoms with van der Waals surface area (Å²) in [5, 5.41) is 3.10. The lowest BCUT2D eigenvalue weighted by molar-refractivity contribution is -0.137. The van der Waals surface area contributed by atoms with Crippen molar-refractivity contribution in [2.75, 3.05) is 32.8 Å². The van der Waals surface area contributed by atoms with Crippen LogP contribution in [-0.4, -0.2) is 54.5 Å². The smallest absolute Gasteiger partial charge is 0.226 e. The molecule has 0 atom stereocenters. The van der Waals surface area contributed by atoms with E-state index in [0.717, 1.165) is 29.7 Å². The van der Waals surface area contributed by atoms with Crippen LogP contribution < -0.4 is 5.32 Å². The lowest BCUT2D eigenvalue weighted by atomic mass is 9.74. The minimum Gasteiger partial charge on any atom is -0.381 e. The van der Waals surface area contributed by atoms with Gasteiger partial charge in [0.2, 0.25) is 11.8 Å². The highest BCUT2D eigenvalue weighted by Gasteiger charge is 2.40. The average molecular weight is 408 g/mol. The van der Waals surface area contributed by atoms with Crippen LogP contribution in [0.2, 0.25) is 0 Å². The third kappa shape index (κ3) is 4.70. The number of amides is 2. The summed E-state index contributed by atoms with van der Waals surface area (Å²) in [6, 6.07) is 12.4. The topological polar surface area (TPSA) is 71.5 Å². The van der Waals surface area contributed by atoms with Crippen LogP contribution in [-0.2, 0) is 20.7 Å². The van der Waals surface area contributed by atoms with Gasteiger partial charge in [0.1, 0.15) is 0 Å². The van der Waals surface area contributed by atoms with Crippen LogP contribution in [0.5, 0.6) is 0 Å². The molecule has 1 aromatic heterocycles. The summed E-state index contributed by atoms with van der Waals surface area (Å²) in [5.74, 6) is 0.271. The van der Waals surface area contributed by atoms with Crippen LogP contribution in [0.1, 0.15) is 31.2 Å². The van der Waals surface area contributed by atoms with Crippen molar-refractivity contribution < 1.29 is 14.3 Å². The van der Waals surface area contributed by atoms with Gasteiger partial charge in [-0.15, -0.1) is 0 Å². The Labute approximate surface area is 177 Å². The summed E-state index contributed by atoms with van der Waals surface area (Å²) < 4.78 is 5.55. The summed E-state index contributed by atoms with van der Waals surface area (Å²) in [7, 11) is 0. The minimum absolute atomic E-state index is 0.0776. The Morgan fingerprint density at radius 3 is 2.60 bits per heavy atom. The molecule has 3 heterocycles. The summed E-state index contributed by atoms with van der Waals surface area (Å²) in [5.41, 5.74) is 2.89. The van der Waals surface area contributed by atoms with Gasteiger partial charge in [-0.05, 0) is 48.4 Å². The van der Waals surface area contributed by atoms with Crippen LogP contribution >= 0.6 is 0 Å². The van der Waals surface area contributed by atoms with E-state index >= 15 is 0 Å². The molecule has 1 N–H and O–H groups in total. The molecule has 2 aliphatic rings. The molecule has 0 spiro atoms. The zero-order chi connectivity index (χ0) is 20.8. The Morgan fingerprint density at radius 2 is 1.93 bits per heavy atom. The predicted octanol–water partition coefficient (Wildman–Crippen LogP) is 2.83. The van der Waals surface area contributed by atoms with Gasteiger partial charge in [-0.25, -0.2) is 0 Å². The molecular weight excluding hydrogens is 378 g/mol. The van der Waals surface area contributed by atoms with E-state index in [1.807, 2.05) is 23.2 Å². The molecule has 30 heavy (non-hydrogen) atoms. The van der Waals surface area contributed by atoms with Gasteiger partial charge >= 0.3 is 0 Å². The maximum Gasteiger partial charge on any atom is 0.226 e. The number of aromatic nitrogens is 1. The second kappa shape index (κ2) is 9.39. The van der Waals surface area contributed by atoms with E-state index in [1.165, 1.54) is 0 Å². The Hall–Kier alpha value is -2.73.